The molecule has 0 fully saturated rings. The third-order valence-corrected chi connectivity index (χ3v) is 4.05. The highest BCUT2D eigenvalue weighted by Crippen LogP contribution is 2.28. The first kappa shape index (κ1) is 15.1. The molecule has 0 aliphatic carbocycles. The second-order valence-electron chi connectivity index (χ2n) is 5.58. The molecule has 3 heterocycles. The largest absolute Gasteiger partial charge is 0.336 e. The fourth-order valence-electron chi connectivity index (χ4n) is 2.78. The van der Waals surface area contributed by atoms with Crippen molar-refractivity contribution in [3.05, 3.63) is 71.0 Å². The van der Waals surface area contributed by atoms with E-state index >= 15 is 4.39 Å². The highest BCUT2D eigenvalue weighted by Gasteiger charge is 2.15. The van der Waals surface area contributed by atoms with E-state index in [0.29, 0.717) is 28.0 Å². The summed E-state index contributed by atoms with van der Waals surface area (Å²) >= 11 is 0. The molecule has 25 heavy (non-hydrogen) atoms. The molecule has 2 N–H and O–H groups in total. The molecule has 3 aromatic heterocycles. The van der Waals surface area contributed by atoms with Gasteiger partial charge in [0.05, 0.1) is 11.2 Å². The Balaban J connectivity index is 1.92. The van der Waals surface area contributed by atoms with Gasteiger partial charge in [0.1, 0.15) is 17.3 Å². The molecular formula is C18H14FN5O. The number of halogens is 1. The average Bonchev–Trinajstić information content (AvgIpc) is 3.15. The van der Waals surface area contributed by atoms with E-state index < -0.39 is 5.82 Å². The highest BCUT2D eigenvalue weighted by atomic mass is 19.1. The predicted molar refractivity (Wildman–Crippen MR) is 94.2 cm³/mol. The molecule has 0 saturated heterocycles. The molecule has 124 valence electrons. The fraction of sp³-hybridized carbons (Fsp3) is 0.0556. The van der Waals surface area contributed by atoms with E-state index in [2.05, 4.69) is 20.5 Å². The van der Waals surface area contributed by atoms with Crippen LogP contribution in [0.5, 0.6) is 0 Å². The Hall–Kier alpha value is -3.48. The van der Waals surface area contributed by atoms with Crippen LogP contribution >= 0.6 is 0 Å². The molecule has 7 heteroatoms. The minimum absolute atomic E-state index is 0.256. The Labute approximate surface area is 142 Å². The lowest BCUT2D eigenvalue weighted by molar-refractivity contribution is 0.641. The zero-order chi connectivity index (χ0) is 17.4. The molecule has 4 rings (SSSR count). The van der Waals surface area contributed by atoms with Crippen LogP contribution in [0.4, 0.5) is 15.9 Å². The highest BCUT2D eigenvalue weighted by molar-refractivity contribution is 5.88. The van der Waals surface area contributed by atoms with Crippen LogP contribution in [0.25, 0.3) is 22.2 Å². The van der Waals surface area contributed by atoms with E-state index in [9.17, 15) is 4.79 Å². The van der Waals surface area contributed by atoms with E-state index in [1.807, 2.05) is 0 Å². The van der Waals surface area contributed by atoms with Gasteiger partial charge < -0.3 is 9.88 Å². The number of aromatic nitrogens is 4. The van der Waals surface area contributed by atoms with Crippen molar-refractivity contribution in [1.82, 2.24) is 19.7 Å². The van der Waals surface area contributed by atoms with Crippen molar-refractivity contribution in [2.45, 2.75) is 0 Å². The number of nitrogens with zero attached hydrogens (tertiary/aromatic N) is 3. The second kappa shape index (κ2) is 5.86. The van der Waals surface area contributed by atoms with Crippen molar-refractivity contribution in [1.29, 1.82) is 0 Å². The summed E-state index contributed by atoms with van der Waals surface area (Å²) in [5, 5.41) is 9.99. The summed E-state index contributed by atoms with van der Waals surface area (Å²) < 4.78 is 16.5. The van der Waals surface area contributed by atoms with Crippen molar-refractivity contribution in [3.63, 3.8) is 0 Å². The summed E-state index contributed by atoms with van der Waals surface area (Å²) in [5.74, 6) is 0.0899. The lowest BCUT2D eigenvalue weighted by Crippen LogP contribution is -2.20. The summed E-state index contributed by atoms with van der Waals surface area (Å²) in [5.41, 5.74) is 1.38. The van der Waals surface area contributed by atoms with Gasteiger partial charge in [0.15, 0.2) is 0 Å². The Bertz CT molecular complexity index is 1100. The summed E-state index contributed by atoms with van der Waals surface area (Å²) in [4.78, 5) is 16.7. The number of hydrogen-bond donors (Lipinski definition) is 2. The standard InChI is InChI=1S/C18H14FN5O/c1-24-15-6-5-11(13-7-9-21-23-13)17(19)12(15)10-14(18(24)25)22-16-4-2-3-8-20-16/h2-10H,1H3,(H,20,22)(H,21,23). The first-order valence-electron chi connectivity index (χ1n) is 7.65. The van der Waals surface area contributed by atoms with Crippen LogP contribution < -0.4 is 10.9 Å². The summed E-state index contributed by atoms with van der Waals surface area (Å²) in [6.07, 6.45) is 3.25. The van der Waals surface area contributed by atoms with Crippen molar-refractivity contribution >= 4 is 22.4 Å². The molecule has 0 aliphatic rings. The van der Waals surface area contributed by atoms with Crippen LogP contribution in [0.2, 0.25) is 0 Å². The Morgan fingerprint density at radius 3 is 2.80 bits per heavy atom. The van der Waals surface area contributed by atoms with Crippen LogP contribution in [0, 0.1) is 5.82 Å². The molecule has 0 atom stereocenters. The first-order valence-corrected chi connectivity index (χ1v) is 7.65. The number of fused-ring (bicyclic) bond motifs is 1. The van der Waals surface area contributed by atoms with E-state index in [0.717, 1.165) is 0 Å². The Morgan fingerprint density at radius 2 is 2.08 bits per heavy atom. The van der Waals surface area contributed by atoms with Gasteiger partial charge in [-0.3, -0.25) is 9.89 Å². The number of hydrogen-bond acceptors (Lipinski definition) is 4. The predicted octanol–water partition coefficient (Wildman–Crippen LogP) is 3.21. The van der Waals surface area contributed by atoms with Crippen molar-refractivity contribution in [2.24, 2.45) is 7.05 Å². The molecule has 1 aromatic carbocycles. The number of aryl methyl sites for hydroxylation is 1. The average molecular weight is 335 g/mol. The topological polar surface area (TPSA) is 75.6 Å². The van der Waals surface area contributed by atoms with Crippen LogP contribution in [0.3, 0.4) is 0 Å². The first-order chi connectivity index (χ1) is 12.1. The summed E-state index contributed by atoms with van der Waals surface area (Å²) in [6.45, 7) is 0. The van der Waals surface area contributed by atoms with Crippen molar-refractivity contribution in [3.8, 4) is 11.3 Å². The molecule has 0 saturated carbocycles. The molecule has 0 amide bonds. The Morgan fingerprint density at radius 1 is 1.20 bits per heavy atom. The number of aromatic amines is 1. The van der Waals surface area contributed by atoms with Gasteiger partial charge in [-0.2, -0.15) is 5.10 Å². The van der Waals surface area contributed by atoms with Gasteiger partial charge in [0, 0.05) is 30.4 Å². The molecule has 4 aromatic rings. The van der Waals surface area contributed by atoms with Gasteiger partial charge in [-0.15, -0.1) is 0 Å². The molecular weight excluding hydrogens is 321 g/mol. The van der Waals surface area contributed by atoms with Crippen LogP contribution in [-0.4, -0.2) is 19.7 Å². The van der Waals surface area contributed by atoms with Gasteiger partial charge in [-0.05, 0) is 36.4 Å². The zero-order valence-electron chi connectivity index (χ0n) is 13.3. The van der Waals surface area contributed by atoms with Gasteiger partial charge in [-0.1, -0.05) is 6.07 Å². The number of H-pyrrole nitrogens is 1. The molecule has 0 radical (unpaired) electrons. The van der Waals surface area contributed by atoms with Gasteiger partial charge in [0.2, 0.25) is 0 Å². The molecule has 0 aliphatic heterocycles. The lowest BCUT2D eigenvalue weighted by atomic mass is 10.1. The van der Waals surface area contributed by atoms with E-state index in [-0.39, 0.29) is 11.2 Å². The third kappa shape index (κ3) is 2.55. The van der Waals surface area contributed by atoms with Crippen LogP contribution in [0.1, 0.15) is 0 Å². The normalized spacial score (nSPS) is 11.0. The second-order valence-corrected chi connectivity index (χ2v) is 5.58. The molecule has 6 nitrogen and oxygen atoms in total. The maximum absolute atomic E-state index is 15.1. The summed E-state index contributed by atoms with van der Waals surface area (Å²) in [7, 11) is 1.61. The quantitative estimate of drug-likeness (QED) is 0.603. The minimum Gasteiger partial charge on any atom is -0.336 e. The van der Waals surface area contributed by atoms with E-state index in [4.69, 9.17) is 0 Å². The zero-order valence-corrected chi connectivity index (χ0v) is 13.3. The molecule has 0 bridgehead atoms. The van der Waals surface area contributed by atoms with Crippen molar-refractivity contribution in [2.75, 3.05) is 5.32 Å². The number of anilines is 2. The van der Waals surface area contributed by atoms with E-state index in [1.54, 1.807) is 55.8 Å². The maximum Gasteiger partial charge on any atom is 0.274 e. The Kier molecular flexibility index (Phi) is 3.53. The van der Waals surface area contributed by atoms with Gasteiger partial charge in [-0.25, -0.2) is 9.37 Å². The minimum atomic E-state index is -0.427. The summed E-state index contributed by atoms with van der Waals surface area (Å²) in [6, 6.07) is 11.9. The van der Waals surface area contributed by atoms with E-state index in [1.165, 1.54) is 10.6 Å². The number of pyridine rings is 2. The lowest BCUT2D eigenvalue weighted by Gasteiger charge is -2.12. The van der Waals surface area contributed by atoms with Crippen LogP contribution in [0.15, 0.2) is 59.7 Å². The number of rotatable bonds is 3. The smallest absolute Gasteiger partial charge is 0.274 e. The van der Waals surface area contributed by atoms with Gasteiger partial charge in [0.25, 0.3) is 5.56 Å². The van der Waals surface area contributed by atoms with Crippen LogP contribution in [-0.2, 0) is 7.05 Å². The van der Waals surface area contributed by atoms with Crippen molar-refractivity contribution < 1.29 is 4.39 Å². The third-order valence-electron chi connectivity index (χ3n) is 4.05. The number of benzene rings is 1. The maximum atomic E-state index is 15.1. The SMILES string of the molecule is Cn1c(=O)c(Nc2ccccn2)cc2c(F)c(-c3cc[nH]n3)ccc21. The number of nitrogens with one attached hydrogen (secondary N) is 2. The molecule has 0 spiro atoms. The van der Waals surface area contributed by atoms with Gasteiger partial charge >= 0.3 is 0 Å². The fourth-order valence-corrected chi connectivity index (χ4v) is 2.78. The monoisotopic (exact) mass is 335 g/mol. The molecule has 0 unspecified atom stereocenters.